The summed E-state index contributed by atoms with van der Waals surface area (Å²) >= 11 is 0.421. The number of aryl methyl sites for hydroxylation is 2. The molecule has 0 aliphatic carbocycles. The molecule has 0 aliphatic heterocycles. The Kier molecular flexibility index (Phi) is 8.47. The van der Waals surface area contributed by atoms with Crippen molar-refractivity contribution in [3.8, 4) is 11.5 Å². The number of nitrogens with zero attached hydrogens (tertiary/aromatic N) is 1. The van der Waals surface area contributed by atoms with Crippen LogP contribution in [0.2, 0.25) is 0 Å². The quantitative estimate of drug-likeness (QED) is 0.205. The molecular formula is C24H25NO5SSe. The minimum Gasteiger partial charge on any atom is -0.491 e. The molecule has 0 fully saturated rings. The minimum absolute atomic E-state index is 0.0227. The van der Waals surface area contributed by atoms with Crippen molar-refractivity contribution < 1.29 is 22.1 Å². The van der Waals surface area contributed by atoms with Crippen molar-refractivity contribution in [1.29, 1.82) is 0 Å². The maximum Gasteiger partial charge on any atom is 0.297 e. The Labute approximate surface area is 194 Å². The van der Waals surface area contributed by atoms with Gasteiger partial charge in [0, 0.05) is 0 Å². The molecule has 0 bridgehead atoms. The maximum atomic E-state index is 11.9. The van der Waals surface area contributed by atoms with Gasteiger partial charge in [0.25, 0.3) is 10.1 Å². The predicted molar refractivity (Wildman–Crippen MR) is 126 cm³/mol. The summed E-state index contributed by atoms with van der Waals surface area (Å²) in [5.74, 6) is 1.62. The zero-order valence-electron chi connectivity index (χ0n) is 18.1. The average molecular weight is 518 g/mol. The van der Waals surface area contributed by atoms with Crippen LogP contribution >= 0.6 is 0 Å². The third kappa shape index (κ3) is 6.93. The van der Waals surface area contributed by atoms with Crippen molar-refractivity contribution >= 4 is 34.4 Å². The normalized spacial score (nSPS) is 11.0. The number of benzene rings is 3. The Bertz CT molecular complexity index is 1240. The summed E-state index contributed by atoms with van der Waals surface area (Å²) in [6.07, 6.45) is 0. The van der Waals surface area contributed by atoms with Crippen LogP contribution in [0.3, 0.4) is 0 Å². The van der Waals surface area contributed by atoms with Gasteiger partial charge in [-0.1, -0.05) is 35.9 Å². The molecule has 1 aromatic heterocycles. The van der Waals surface area contributed by atoms with E-state index in [9.17, 15) is 8.42 Å². The first-order valence-corrected chi connectivity index (χ1v) is 13.0. The van der Waals surface area contributed by atoms with E-state index in [-0.39, 0.29) is 18.1 Å². The van der Waals surface area contributed by atoms with Crippen LogP contribution in [0.15, 0.2) is 77.7 Å². The molecule has 168 valence electrons. The summed E-state index contributed by atoms with van der Waals surface area (Å²) < 4.78 is 41.8. The van der Waals surface area contributed by atoms with E-state index in [1.165, 1.54) is 21.0 Å². The van der Waals surface area contributed by atoms with Gasteiger partial charge in [-0.25, -0.2) is 0 Å². The van der Waals surface area contributed by atoms with Crippen LogP contribution in [0.1, 0.15) is 10.1 Å². The smallest absolute Gasteiger partial charge is 0.297 e. The van der Waals surface area contributed by atoms with Gasteiger partial charge in [0.2, 0.25) is 0 Å². The van der Waals surface area contributed by atoms with Crippen LogP contribution in [-0.2, 0) is 14.3 Å². The third-order valence-electron chi connectivity index (χ3n) is 4.35. The van der Waals surface area contributed by atoms with E-state index in [1.54, 1.807) is 31.4 Å². The van der Waals surface area contributed by atoms with E-state index in [0.29, 0.717) is 20.3 Å². The molecule has 0 spiro atoms. The molecule has 6 nitrogen and oxygen atoms in total. The Morgan fingerprint density at radius 2 is 1.59 bits per heavy atom. The van der Waals surface area contributed by atoms with Gasteiger partial charge in [-0.05, 0) is 31.2 Å². The summed E-state index contributed by atoms with van der Waals surface area (Å²) in [7, 11) is -2.02. The molecule has 0 radical (unpaired) electrons. The fourth-order valence-corrected chi connectivity index (χ4v) is 5.43. The largest absolute Gasteiger partial charge is 0.491 e. The maximum absolute atomic E-state index is 11.9. The molecule has 0 amide bonds. The standard InChI is InChI=1S/C15H16O4S.C9H9NOSe/c1-13-7-9-15(10-8-13)20(16,17)19-12-11-18-14-5-3-2-4-6-14;1-6-10-8-4-3-7(11-2)5-9(8)12-6/h2-10H,11-12H2,1H3;3-5H,1-2H3. The third-order valence-corrected chi connectivity index (χ3v) is 7.63. The van der Waals surface area contributed by atoms with Crippen LogP contribution in [0.4, 0.5) is 0 Å². The van der Waals surface area contributed by atoms with Gasteiger partial charge in [0.15, 0.2) is 0 Å². The topological polar surface area (TPSA) is 74.7 Å². The Morgan fingerprint density at radius 1 is 0.875 bits per heavy atom. The number of methoxy groups -OCH3 is 1. The first-order chi connectivity index (χ1) is 15.4. The summed E-state index contributed by atoms with van der Waals surface area (Å²) in [6, 6.07) is 21.8. The van der Waals surface area contributed by atoms with E-state index in [2.05, 4.69) is 18.0 Å². The molecule has 3 aromatic carbocycles. The zero-order chi connectivity index (χ0) is 23.0. The van der Waals surface area contributed by atoms with Gasteiger partial charge in [0.05, 0.1) is 4.90 Å². The van der Waals surface area contributed by atoms with Crippen LogP contribution in [0, 0.1) is 13.8 Å². The Hall–Kier alpha value is -2.64. The van der Waals surface area contributed by atoms with E-state index < -0.39 is 10.1 Å². The zero-order valence-corrected chi connectivity index (χ0v) is 20.7. The van der Waals surface area contributed by atoms with Gasteiger partial charge in [0.1, 0.15) is 19.0 Å². The Balaban J connectivity index is 0.000000204. The second-order valence-corrected chi connectivity index (χ2v) is 11.0. The van der Waals surface area contributed by atoms with Crippen molar-refractivity contribution in [1.82, 2.24) is 4.98 Å². The minimum atomic E-state index is -3.71. The monoisotopic (exact) mass is 519 g/mol. The van der Waals surface area contributed by atoms with Crippen LogP contribution in [-0.4, -0.2) is 48.2 Å². The second kappa shape index (κ2) is 11.3. The number of hydrogen-bond donors (Lipinski definition) is 0. The van der Waals surface area contributed by atoms with E-state index in [0.717, 1.165) is 16.8 Å². The molecule has 32 heavy (non-hydrogen) atoms. The summed E-state index contributed by atoms with van der Waals surface area (Å²) in [4.78, 5) is 4.57. The molecule has 0 unspecified atom stereocenters. The van der Waals surface area contributed by atoms with Gasteiger partial charge in [-0.3, -0.25) is 4.18 Å². The Morgan fingerprint density at radius 3 is 2.28 bits per heavy atom. The summed E-state index contributed by atoms with van der Waals surface area (Å²) in [6.45, 7) is 4.12. The molecule has 0 aliphatic rings. The van der Waals surface area contributed by atoms with E-state index in [1.807, 2.05) is 37.3 Å². The number of aromatic nitrogens is 1. The van der Waals surface area contributed by atoms with Crippen molar-refractivity contribution in [3.63, 3.8) is 0 Å². The van der Waals surface area contributed by atoms with Gasteiger partial charge >= 0.3 is 76.6 Å². The van der Waals surface area contributed by atoms with Gasteiger partial charge < -0.3 is 4.74 Å². The molecule has 4 rings (SSSR count). The summed E-state index contributed by atoms with van der Waals surface area (Å²) in [5.41, 5.74) is 2.12. The fraction of sp³-hybridized carbons (Fsp3) is 0.208. The van der Waals surface area contributed by atoms with E-state index >= 15 is 0 Å². The molecule has 0 atom stereocenters. The molecule has 8 heteroatoms. The molecule has 0 saturated heterocycles. The van der Waals surface area contributed by atoms with Crippen molar-refractivity contribution in [2.75, 3.05) is 20.3 Å². The first-order valence-electron chi connectivity index (χ1n) is 9.92. The van der Waals surface area contributed by atoms with Crippen LogP contribution in [0.25, 0.3) is 9.78 Å². The van der Waals surface area contributed by atoms with Crippen molar-refractivity contribution in [2.24, 2.45) is 0 Å². The molecule has 4 aromatic rings. The predicted octanol–water partition coefficient (Wildman–Crippen LogP) is 4.39. The van der Waals surface area contributed by atoms with E-state index in [4.69, 9.17) is 13.7 Å². The van der Waals surface area contributed by atoms with Crippen LogP contribution < -0.4 is 9.47 Å². The average Bonchev–Trinajstić information content (AvgIpc) is 3.17. The molecule has 0 N–H and O–H groups in total. The van der Waals surface area contributed by atoms with Crippen LogP contribution in [0.5, 0.6) is 11.5 Å². The summed E-state index contributed by atoms with van der Waals surface area (Å²) in [5, 5.41) is 0. The molecule has 0 saturated carbocycles. The first kappa shape index (κ1) is 24.0. The fourth-order valence-electron chi connectivity index (χ4n) is 2.74. The van der Waals surface area contributed by atoms with Crippen molar-refractivity contribution in [2.45, 2.75) is 18.7 Å². The van der Waals surface area contributed by atoms with Gasteiger partial charge in [-0.15, -0.1) is 0 Å². The number of ether oxygens (including phenoxy) is 2. The number of rotatable bonds is 7. The SMILES string of the molecule is COc1ccc2nc(C)[se]c2c1.Cc1ccc(S(=O)(=O)OCCOc2ccccc2)cc1. The second-order valence-electron chi connectivity index (χ2n) is 6.82. The number of fused-ring (bicyclic) bond motifs is 1. The van der Waals surface area contributed by atoms with Gasteiger partial charge in [-0.2, -0.15) is 8.42 Å². The number of hydrogen-bond acceptors (Lipinski definition) is 6. The van der Waals surface area contributed by atoms with Crippen molar-refractivity contribution in [3.05, 3.63) is 82.9 Å². The molecular weight excluding hydrogens is 493 g/mol. The molecule has 1 heterocycles. The number of para-hydroxylation sites is 1.